The van der Waals surface area contributed by atoms with E-state index in [1.165, 1.54) is 225 Å². The fourth-order valence-electron chi connectivity index (χ4n) is 20.7. The number of hydrogen-bond acceptors (Lipinski definition) is 6. The molecule has 618 valence electrons. The maximum atomic E-state index is 5.46. The minimum absolute atomic E-state index is 0.981. The second-order valence-electron chi connectivity index (χ2n) is 34.7. The lowest BCUT2D eigenvalue weighted by Gasteiger charge is -2.15. The van der Waals surface area contributed by atoms with Crippen molar-refractivity contribution >= 4 is 192 Å². The predicted molar refractivity (Wildman–Crippen MR) is 572 cm³/mol. The van der Waals surface area contributed by atoms with Crippen LogP contribution in [0, 0.1) is 20.8 Å². The Morgan fingerprint density at radius 3 is 0.977 bits per heavy atom. The zero-order valence-corrected chi connectivity index (χ0v) is 75.1. The summed E-state index contributed by atoms with van der Waals surface area (Å²) in [5.74, 6) is 0. The average molecular weight is 1730 g/mol. The molecule has 0 aliphatic carbocycles. The largest absolute Gasteiger partial charge is 0.247 e. The van der Waals surface area contributed by atoms with Crippen LogP contribution in [0.4, 0.5) is 0 Å². The van der Waals surface area contributed by atoms with E-state index in [9.17, 15) is 0 Å². The van der Waals surface area contributed by atoms with Crippen LogP contribution in [0.25, 0.3) is 258 Å². The molecule has 0 spiro atoms. The van der Waals surface area contributed by atoms with Crippen LogP contribution in [0.3, 0.4) is 0 Å². The third-order valence-corrected chi connectivity index (χ3v) is 30.7. The zero-order valence-electron chi connectivity index (χ0n) is 72.6. The lowest BCUT2D eigenvalue weighted by molar-refractivity contribution is 1.41. The molecule has 0 amide bonds. The molecule has 3 nitrogen and oxygen atoms in total. The molecule has 0 radical (unpaired) electrons. The Morgan fingerprint density at radius 1 is 0.152 bits per heavy atom. The van der Waals surface area contributed by atoms with Crippen molar-refractivity contribution in [2.45, 2.75) is 20.8 Å². The second-order valence-corrected chi connectivity index (χ2v) is 37.8. The second kappa shape index (κ2) is 32.4. The normalized spacial score (nSPS) is 11.8. The van der Waals surface area contributed by atoms with Gasteiger partial charge in [0.2, 0.25) is 0 Å². The topological polar surface area (TPSA) is 38.7 Å². The molecule has 132 heavy (non-hydrogen) atoms. The molecule has 21 aromatic carbocycles. The molecule has 6 heterocycles. The molecule has 0 N–H and O–H groups in total. The lowest BCUT2D eigenvalue weighted by Crippen LogP contribution is -1.92. The molecule has 0 saturated heterocycles. The standard InChI is InChI=1S/C47H29NS.C41H25NS.C38H27NS/c1-3-13-30(14-4-1)32-23-26-45-41(27-32)43-29-33(31-15-5-2-6-16-31)28-42(47(43)49-45)37-20-9-11-21-38(37)44-25-24-40-36-19-8-7-17-34(36)35-18-10-12-22-39(35)46(40)48-44;1-2-12-26(13-3-1)27-20-10-22-36-37-23-11-21-35(41(37)43-40(27)36)31-17-6-8-18-32(31)38-25-24-34-30-16-5-4-14-28(30)29-15-7-9-19-33(29)39(34)42-38;1-22-18-24(3)37-33(20-22)34-21-23(2)19-32(38(34)40-37)25-12-14-26(15-13-25)35-17-16-31-29-10-5-4-8-27(29)28-9-6-7-11-30(28)36(31)39-35/h1-29H;1-25H;4-21H,1-3H3. The first-order valence-corrected chi connectivity index (χ1v) is 47.6. The number of nitrogens with zero attached hydrogens (tertiary/aromatic N) is 3. The molecular formula is C126H81N3S3. The van der Waals surface area contributed by atoms with Gasteiger partial charge in [0.05, 0.1) is 33.6 Å². The highest BCUT2D eigenvalue weighted by Crippen LogP contribution is 2.51. The molecule has 6 heteroatoms. The molecule has 27 rings (SSSR count). The summed E-state index contributed by atoms with van der Waals surface area (Å²) in [5.41, 5.74) is 28.4. The molecular weight excluding hydrogens is 1650 g/mol. The smallest absolute Gasteiger partial charge is 0.0794 e. The predicted octanol–water partition coefficient (Wildman–Crippen LogP) is 36.7. The molecule has 0 bridgehead atoms. The van der Waals surface area contributed by atoms with E-state index in [-0.39, 0.29) is 0 Å². The third-order valence-electron chi connectivity index (χ3n) is 26.8. The Balaban J connectivity index is 0.000000107. The van der Waals surface area contributed by atoms with Gasteiger partial charge in [0, 0.05) is 121 Å². The number of pyridine rings is 3. The van der Waals surface area contributed by atoms with Gasteiger partial charge in [0.25, 0.3) is 0 Å². The molecule has 0 aliphatic rings. The number of fused-ring (bicyclic) bond motifs is 27. The van der Waals surface area contributed by atoms with Crippen LogP contribution in [0.5, 0.6) is 0 Å². The van der Waals surface area contributed by atoms with Crippen LogP contribution in [-0.4, -0.2) is 15.0 Å². The number of aromatic nitrogens is 3. The Hall–Kier alpha value is -15.9. The molecule has 0 atom stereocenters. The van der Waals surface area contributed by atoms with Crippen LogP contribution in [0.15, 0.2) is 437 Å². The van der Waals surface area contributed by atoms with Gasteiger partial charge in [0.1, 0.15) is 0 Å². The molecule has 0 aliphatic heterocycles. The number of rotatable bonds is 9. The Kier molecular flexibility index (Phi) is 19.2. The highest BCUT2D eigenvalue weighted by atomic mass is 32.1. The maximum absolute atomic E-state index is 5.46. The molecule has 0 unspecified atom stereocenters. The fourth-order valence-corrected chi connectivity index (χ4v) is 24.5. The zero-order chi connectivity index (χ0) is 87.6. The van der Waals surface area contributed by atoms with E-state index in [4.69, 9.17) is 15.0 Å². The summed E-state index contributed by atoms with van der Waals surface area (Å²) in [4.78, 5) is 16.1. The number of hydrogen-bond donors (Lipinski definition) is 0. The minimum Gasteiger partial charge on any atom is -0.247 e. The van der Waals surface area contributed by atoms with Crippen LogP contribution >= 0.6 is 34.0 Å². The summed E-state index contributed by atoms with van der Waals surface area (Å²) < 4.78 is 7.99. The van der Waals surface area contributed by atoms with Crippen molar-refractivity contribution in [3.8, 4) is 101 Å². The van der Waals surface area contributed by atoms with E-state index >= 15 is 0 Å². The monoisotopic (exact) mass is 1730 g/mol. The SMILES string of the molecule is Cc1cc(C)c2sc3c(-c4ccc(-c5ccc6c7ccccc7c7ccccc7c6n5)cc4)cc(C)cc3c2c1.c1ccc(-c2ccc3sc4c(-c5ccccc5-c5ccc6c7ccccc7c7ccccc7c6n5)cc(-c5ccccc5)cc4c3c2)cc1.c1ccc(-c2cccc3c2sc2c(-c4ccccc4-c4ccc5c6ccccc6c6ccccc6c5n4)cccc23)cc1. The van der Waals surface area contributed by atoms with Gasteiger partial charge >= 0.3 is 0 Å². The van der Waals surface area contributed by atoms with Crippen molar-refractivity contribution in [3.63, 3.8) is 0 Å². The Labute approximate surface area is 775 Å². The molecule has 6 aromatic heterocycles. The number of thiophene rings is 3. The summed E-state index contributed by atoms with van der Waals surface area (Å²) in [6.45, 7) is 6.63. The van der Waals surface area contributed by atoms with Crippen molar-refractivity contribution in [1.29, 1.82) is 0 Å². The van der Waals surface area contributed by atoms with Crippen molar-refractivity contribution in [2.24, 2.45) is 0 Å². The Bertz CT molecular complexity index is 9270. The van der Waals surface area contributed by atoms with Crippen LogP contribution in [0.1, 0.15) is 16.7 Å². The summed E-state index contributed by atoms with van der Waals surface area (Å²) >= 11 is 5.69. The van der Waals surface area contributed by atoms with Crippen molar-refractivity contribution < 1.29 is 0 Å². The summed E-state index contributed by atoms with van der Waals surface area (Å²) in [6, 6.07) is 158. The summed E-state index contributed by atoms with van der Waals surface area (Å²) in [5, 5.41) is 26.3. The van der Waals surface area contributed by atoms with Crippen LogP contribution in [0.2, 0.25) is 0 Å². The van der Waals surface area contributed by atoms with Crippen LogP contribution < -0.4 is 0 Å². The summed E-state index contributed by atoms with van der Waals surface area (Å²) in [6.07, 6.45) is 0. The average Bonchev–Trinajstić information content (AvgIpc) is 1.58. The van der Waals surface area contributed by atoms with E-state index in [1.54, 1.807) is 0 Å². The van der Waals surface area contributed by atoms with Crippen LogP contribution in [-0.2, 0) is 0 Å². The summed E-state index contributed by atoms with van der Waals surface area (Å²) in [7, 11) is 0. The Morgan fingerprint density at radius 2 is 0.470 bits per heavy atom. The fraction of sp³-hybridized carbons (Fsp3) is 0.0238. The van der Waals surface area contributed by atoms with E-state index in [0.29, 0.717) is 0 Å². The number of aryl methyl sites for hydroxylation is 3. The first kappa shape index (κ1) is 78.3. The molecule has 27 aromatic rings. The molecule has 0 fully saturated rings. The van der Waals surface area contributed by atoms with E-state index in [0.717, 1.165) is 50.3 Å². The van der Waals surface area contributed by atoms with Gasteiger partial charge in [-0.3, -0.25) is 0 Å². The maximum Gasteiger partial charge on any atom is 0.0794 e. The van der Waals surface area contributed by atoms with Crippen molar-refractivity contribution in [1.82, 2.24) is 15.0 Å². The minimum atomic E-state index is 0.981. The van der Waals surface area contributed by atoms with Gasteiger partial charge in [-0.15, -0.1) is 34.0 Å². The molecule has 0 saturated carbocycles. The number of benzene rings is 21. The van der Waals surface area contributed by atoms with Gasteiger partial charge in [0.15, 0.2) is 0 Å². The van der Waals surface area contributed by atoms with Gasteiger partial charge in [-0.2, -0.15) is 0 Å². The van der Waals surface area contributed by atoms with Gasteiger partial charge < -0.3 is 0 Å². The van der Waals surface area contributed by atoms with Crippen molar-refractivity contribution in [2.75, 3.05) is 0 Å². The quantitative estimate of drug-likeness (QED) is 0.135. The van der Waals surface area contributed by atoms with Gasteiger partial charge in [-0.1, -0.05) is 363 Å². The van der Waals surface area contributed by atoms with E-state index in [2.05, 4.69) is 458 Å². The third kappa shape index (κ3) is 13.4. The van der Waals surface area contributed by atoms with E-state index in [1.807, 2.05) is 34.0 Å². The first-order chi connectivity index (χ1) is 65.2. The van der Waals surface area contributed by atoms with E-state index < -0.39 is 0 Å². The highest BCUT2D eigenvalue weighted by molar-refractivity contribution is 7.27. The highest BCUT2D eigenvalue weighted by Gasteiger charge is 2.24. The van der Waals surface area contributed by atoms with Gasteiger partial charge in [-0.05, 0) is 215 Å². The van der Waals surface area contributed by atoms with Gasteiger partial charge in [-0.25, -0.2) is 15.0 Å². The van der Waals surface area contributed by atoms with Crippen molar-refractivity contribution in [3.05, 3.63) is 453 Å². The lowest BCUT2D eigenvalue weighted by atomic mass is 9.91. The first-order valence-electron chi connectivity index (χ1n) is 45.2.